The molecule has 3 amide bonds. The highest BCUT2D eigenvalue weighted by atomic mass is 79.9. The van der Waals surface area contributed by atoms with E-state index in [9.17, 15) is 9.59 Å². The molecule has 0 spiro atoms. The number of halogens is 1. The summed E-state index contributed by atoms with van der Waals surface area (Å²) >= 11 is 4.88. The van der Waals surface area contributed by atoms with Crippen molar-refractivity contribution < 1.29 is 9.59 Å². The number of hydrogen-bond donors (Lipinski definition) is 5. The van der Waals surface area contributed by atoms with Crippen molar-refractivity contribution in [3.8, 4) is 0 Å². The van der Waals surface area contributed by atoms with Gasteiger partial charge in [-0.25, -0.2) is 9.79 Å². The van der Waals surface area contributed by atoms with Crippen LogP contribution in [0, 0.1) is 0 Å². The first kappa shape index (κ1) is 24.2. The minimum Gasteiger partial charge on any atom is -0.370 e. The molecule has 1 atom stereocenters. The number of nitrogens with zero attached hydrogens (tertiary/aromatic N) is 2. The van der Waals surface area contributed by atoms with Gasteiger partial charge in [0.15, 0.2) is 0 Å². The van der Waals surface area contributed by atoms with Crippen LogP contribution in [-0.4, -0.2) is 58.6 Å². The first-order valence-corrected chi connectivity index (χ1v) is 12.6. The third-order valence-corrected chi connectivity index (χ3v) is 6.11. The molecule has 0 radical (unpaired) electrons. The second kappa shape index (κ2) is 12.0. The van der Waals surface area contributed by atoms with E-state index in [0.717, 1.165) is 49.5 Å². The number of benzene rings is 1. The molecule has 2 heterocycles. The maximum absolute atomic E-state index is 12.3. The van der Waals surface area contributed by atoms with Gasteiger partial charge in [0.05, 0.1) is 0 Å². The molecule has 1 fully saturated rings. The van der Waals surface area contributed by atoms with Gasteiger partial charge in [0.1, 0.15) is 5.84 Å². The minimum absolute atomic E-state index is 0.00845. The molecule has 2 aliphatic rings. The lowest BCUT2D eigenvalue weighted by atomic mass is 10.2. The Balaban J connectivity index is 1.50. The first-order chi connectivity index (χ1) is 15.5. The number of nitrogens with one attached hydrogen (secondary N) is 5. The Morgan fingerprint density at radius 1 is 1.25 bits per heavy atom. The molecular weight excluding hydrogens is 494 g/mol. The Morgan fingerprint density at radius 3 is 2.81 bits per heavy atom. The van der Waals surface area contributed by atoms with Crippen LogP contribution in [0.1, 0.15) is 26.2 Å². The van der Waals surface area contributed by atoms with Crippen LogP contribution in [0.2, 0.25) is 0 Å². The van der Waals surface area contributed by atoms with Crippen molar-refractivity contribution in [3.63, 3.8) is 0 Å². The summed E-state index contributed by atoms with van der Waals surface area (Å²) in [6.45, 7) is 4.86. The molecule has 2 aliphatic heterocycles. The Hall–Kier alpha value is -2.40. The second-order valence-corrected chi connectivity index (χ2v) is 9.74. The maximum Gasteiger partial charge on any atom is 0.321 e. The van der Waals surface area contributed by atoms with E-state index in [4.69, 9.17) is 0 Å². The number of aliphatic imine (C=N–C) groups is 1. The predicted octanol–water partition coefficient (Wildman–Crippen LogP) is 3.69. The monoisotopic (exact) mass is 523 g/mol. The Labute approximate surface area is 201 Å². The van der Waals surface area contributed by atoms with Gasteiger partial charge in [-0.05, 0) is 65.2 Å². The fraction of sp³-hybridized carbons (Fsp3) is 0.476. The van der Waals surface area contributed by atoms with Crippen LogP contribution in [-0.2, 0) is 0 Å². The third-order valence-electron chi connectivity index (χ3n) is 4.81. The van der Waals surface area contributed by atoms with E-state index >= 15 is 0 Å². The zero-order valence-electron chi connectivity index (χ0n) is 18.1. The molecule has 0 aromatic heterocycles. The summed E-state index contributed by atoms with van der Waals surface area (Å²) in [5, 5.41) is 15.6. The highest BCUT2D eigenvalue weighted by Crippen LogP contribution is 2.25. The van der Waals surface area contributed by atoms with E-state index in [1.807, 2.05) is 42.2 Å². The number of rotatable bonds is 8. The number of hydrogen-bond acceptors (Lipinski definition) is 7. The van der Waals surface area contributed by atoms with Crippen LogP contribution in [0.4, 0.5) is 21.0 Å². The van der Waals surface area contributed by atoms with Crippen LogP contribution < -0.4 is 26.6 Å². The summed E-state index contributed by atoms with van der Waals surface area (Å²) in [6, 6.07) is 7.46. The van der Waals surface area contributed by atoms with E-state index in [0.29, 0.717) is 18.9 Å². The summed E-state index contributed by atoms with van der Waals surface area (Å²) < 4.78 is -0.923. The lowest BCUT2D eigenvalue weighted by Gasteiger charge is -2.29. The van der Waals surface area contributed by atoms with Gasteiger partial charge < -0.3 is 31.5 Å². The van der Waals surface area contributed by atoms with E-state index in [1.54, 1.807) is 6.20 Å². The smallest absolute Gasteiger partial charge is 0.321 e. The van der Waals surface area contributed by atoms with Gasteiger partial charge in [0.25, 0.3) is 9.94 Å². The molecule has 174 valence electrons. The molecule has 5 N–H and O–H groups in total. The predicted molar refractivity (Wildman–Crippen MR) is 135 cm³/mol. The number of carbonyl (C=O) groups excluding carboxylic acids is 2. The van der Waals surface area contributed by atoms with Crippen LogP contribution in [0.15, 0.2) is 41.5 Å². The largest absolute Gasteiger partial charge is 0.370 e. The summed E-state index contributed by atoms with van der Waals surface area (Å²) in [4.78, 5) is 30.3. The van der Waals surface area contributed by atoms with Crippen molar-refractivity contribution in [2.75, 3.05) is 42.6 Å². The molecule has 11 heteroatoms. The summed E-state index contributed by atoms with van der Waals surface area (Å²) in [5.74, 6) is 1.48. The Bertz CT molecular complexity index is 860. The van der Waals surface area contributed by atoms with E-state index in [2.05, 4.69) is 47.5 Å². The van der Waals surface area contributed by atoms with Crippen molar-refractivity contribution in [1.29, 1.82) is 0 Å². The minimum atomic E-state index is -0.923. The third kappa shape index (κ3) is 7.63. The number of alkyl halides is 1. The number of urea groups is 1. The molecule has 9 nitrogen and oxygen atoms in total. The van der Waals surface area contributed by atoms with Crippen molar-refractivity contribution in [2.45, 2.75) is 30.9 Å². The quantitative estimate of drug-likeness (QED) is 0.202. The van der Waals surface area contributed by atoms with Gasteiger partial charge in [-0.2, -0.15) is 0 Å². The second-order valence-electron chi connectivity index (χ2n) is 7.35. The zero-order chi connectivity index (χ0) is 22.8. The molecule has 0 aliphatic carbocycles. The number of amidine groups is 1. The average Bonchev–Trinajstić information content (AvgIpc) is 3.29. The molecular formula is C21H30BrN7O2S. The van der Waals surface area contributed by atoms with Crippen LogP contribution in [0.3, 0.4) is 0 Å². The first-order valence-electron chi connectivity index (χ1n) is 10.8. The Morgan fingerprint density at radius 2 is 2.03 bits per heavy atom. The average molecular weight is 524 g/mol. The van der Waals surface area contributed by atoms with Gasteiger partial charge in [0, 0.05) is 43.8 Å². The molecule has 0 bridgehead atoms. The zero-order valence-corrected chi connectivity index (χ0v) is 20.5. The fourth-order valence-corrected chi connectivity index (χ4v) is 4.31. The van der Waals surface area contributed by atoms with Gasteiger partial charge in [0.2, 0.25) is 0 Å². The topological polar surface area (TPSA) is 110 Å². The van der Waals surface area contributed by atoms with Gasteiger partial charge in [-0.3, -0.25) is 4.79 Å². The van der Waals surface area contributed by atoms with Crippen LogP contribution >= 0.6 is 27.7 Å². The van der Waals surface area contributed by atoms with Gasteiger partial charge >= 0.3 is 6.03 Å². The van der Waals surface area contributed by atoms with E-state index in [-0.39, 0.29) is 11.3 Å². The lowest BCUT2D eigenvalue weighted by Crippen LogP contribution is -2.46. The van der Waals surface area contributed by atoms with Gasteiger partial charge in [-0.1, -0.05) is 24.8 Å². The molecule has 1 aromatic carbocycles. The summed E-state index contributed by atoms with van der Waals surface area (Å²) in [7, 11) is 0. The molecule has 0 unspecified atom stereocenters. The van der Waals surface area contributed by atoms with Crippen molar-refractivity contribution in [2.24, 2.45) is 4.99 Å². The molecule has 1 saturated heterocycles. The van der Waals surface area contributed by atoms with Gasteiger partial charge in [-0.15, -0.1) is 0 Å². The van der Waals surface area contributed by atoms with Crippen molar-refractivity contribution in [3.05, 3.63) is 36.5 Å². The summed E-state index contributed by atoms with van der Waals surface area (Å²) in [5.41, 5.74) is 1.52. The normalized spacial score (nSPS) is 19.7. The Kier molecular flexibility index (Phi) is 9.10. The summed E-state index contributed by atoms with van der Waals surface area (Å²) in [6.07, 6.45) is 6.55. The number of likely N-dealkylation sites (tertiary alicyclic amines) is 1. The van der Waals surface area contributed by atoms with Crippen molar-refractivity contribution in [1.82, 2.24) is 20.9 Å². The lowest BCUT2D eigenvalue weighted by molar-refractivity contribution is 0.222. The molecule has 1 aromatic rings. The maximum atomic E-state index is 12.3. The molecule has 3 rings (SSSR count). The van der Waals surface area contributed by atoms with E-state index in [1.165, 1.54) is 11.8 Å². The fourth-order valence-electron chi connectivity index (χ4n) is 3.30. The molecule has 0 saturated carbocycles. The highest BCUT2D eigenvalue weighted by molar-refractivity contribution is 9.10. The number of anilines is 2. The van der Waals surface area contributed by atoms with E-state index < -0.39 is 4.70 Å². The highest BCUT2D eigenvalue weighted by Gasteiger charge is 2.27. The molecule has 32 heavy (non-hydrogen) atoms. The van der Waals surface area contributed by atoms with Crippen LogP contribution in [0.5, 0.6) is 0 Å². The number of amides is 3. The number of thioether (sulfide) groups is 1. The van der Waals surface area contributed by atoms with Crippen molar-refractivity contribution >= 4 is 56.2 Å². The number of carbonyl (C=O) groups is 2. The SMILES string of the molecule is CCSC(=O)NCCCNC1=N[C@@](Br)(Nc2cccc(NC(=O)N3CCCC3)c2)NC=C1. The van der Waals surface area contributed by atoms with Crippen LogP contribution in [0.25, 0.3) is 0 Å². The standard InChI is InChI=1S/C21H30BrN7O2S/c1-2-32-20(31)24-11-6-10-23-18-9-12-25-21(22,28-18)27-17-8-5-7-16(15-17)26-19(30)29-13-3-4-14-29/h5,7-9,12,15,25,27H,2-4,6,10-11,13-14H2,1H3,(H,23,28)(H,24,31)(H,26,30)/t21-/m1/s1.